The molecule has 1 heterocycles. The number of carbonyl (C=O) groups is 1. The SMILES string of the molecule is C=C(C)C1C(C#N)=CNC=C1C(=O)C(F)(F)F. The Morgan fingerprint density at radius 2 is 2.12 bits per heavy atom. The predicted octanol–water partition coefficient (Wildman–Crippen LogP) is 2.20. The van der Waals surface area contributed by atoms with Gasteiger partial charge in [0.25, 0.3) is 5.78 Å². The zero-order valence-corrected chi connectivity index (χ0v) is 8.93. The highest BCUT2D eigenvalue weighted by Gasteiger charge is 2.44. The van der Waals surface area contributed by atoms with Crippen molar-refractivity contribution in [3.8, 4) is 6.07 Å². The lowest BCUT2D eigenvalue weighted by molar-refractivity contribution is -0.167. The van der Waals surface area contributed by atoms with E-state index < -0.39 is 23.5 Å². The minimum absolute atomic E-state index is 0.0348. The van der Waals surface area contributed by atoms with Crippen LogP contribution < -0.4 is 5.32 Å². The van der Waals surface area contributed by atoms with Crippen LogP contribution in [0.5, 0.6) is 0 Å². The Morgan fingerprint density at radius 1 is 1.53 bits per heavy atom. The molecule has 0 aromatic carbocycles. The number of allylic oxidation sites excluding steroid dienone is 3. The maximum Gasteiger partial charge on any atom is 0.454 e. The average molecular weight is 242 g/mol. The fourth-order valence-electron chi connectivity index (χ4n) is 1.54. The second-order valence-corrected chi connectivity index (χ2v) is 3.58. The van der Waals surface area contributed by atoms with Gasteiger partial charge in [-0.15, -0.1) is 0 Å². The molecule has 17 heavy (non-hydrogen) atoms. The Kier molecular flexibility index (Phi) is 3.42. The van der Waals surface area contributed by atoms with Gasteiger partial charge in [-0.25, -0.2) is 0 Å². The summed E-state index contributed by atoms with van der Waals surface area (Å²) in [5.41, 5.74) is -0.167. The lowest BCUT2D eigenvalue weighted by Crippen LogP contribution is -2.31. The maximum absolute atomic E-state index is 12.4. The number of hydrogen-bond acceptors (Lipinski definition) is 3. The monoisotopic (exact) mass is 242 g/mol. The quantitative estimate of drug-likeness (QED) is 0.755. The summed E-state index contributed by atoms with van der Waals surface area (Å²) in [4.78, 5) is 11.2. The Labute approximate surface area is 95.9 Å². The molecule has 1 aliphatic heterocycles. The van der Waals surface area contributed by atoms with E-state index in [9.17, 15) is 18.0 Å². The number of halogens is 3. The molecular formula is C11H9F3N2O. The maximum atomic E-state index is 12.4. The Balaban J connectivity index is 3.17. The minimum atomic E-state index is -4.96. The van der Waals surface area contributed by atoms with Crippen LogP contribution in [0.15, 0.2) is 35.7 Å². The third-order valence-corrected chi connectivity index (χ3v) is 2.24. The van der Waals surface area contributed by atoms with Crippen molar-refractivity contribution >= 4 is 5.78 Å². The van der Waals surface area contributed by atoms with E-state index in [0.717, 1.165) is 6.20 Å². The number of rotatable bonds is 2. The molecule has 0 saturated heterocycles. The molecule has 90 valence electrons. The zero-order chi connectivity index (χ0) is 13.2. The normalized spacial score (nSPS) is 19.6. The molecule has 0 aliphatic carbocycles. The molecule has 0 fully saturated rings. The number of nitriles is 1. The van der Waals surface area contributed by atoms with Gasteiger partial charge in [-0.05, 0) is 6.92 Å². The number of carbonyl (C=O) groups excluding carboxylic acids is 1. The van der Waals surface area contributed by atoms with Crippen LogP contribution in [-0.2, 0) is 4.79 Å². The highest BCUT2D eigenvalue weighted by molar-refractivity contribution is 6.01. The Bertz CT molecular complexity index is 466. The summed E-state index contributed by atoms with van der Waals surface area (Å²) in [5.74, 6) is -2.96. The van der Waals surface area contributed by atoms with Crippen LogP contribution in [0.25, 0.3) is 0 Å². The van der Waals surface area contributed by atoms with E-state index in [4.69, 9.17) is 5.26 Å². The number of alkyl halides is 3. The van der Waals surface area contributed by atoms with E-state index in [2.05, 4.69) is 11.9 Å². The van der Waals surface area contributed by atoms with Crippen LogP contribution in [0.4, 0.5) is 13.2 Å². The summed E-state index contributed by atoms with van der Waals surface area (Å²) in [6, 6.07) is 1.75. The summed E-state index contributed by atoms with van der Waals surface area (Å²) in [6.07, 6.45) is -2.75. The molecule has 0 aromatic rings. The smallest absolute Gasteiger partial charge is 0.366 e. The van der Waals surface area contributed by atoms with Crippen molar-refractivity contribution in [2.45, 2.75) is 13.1 Å². The van der Waals surface area contributed by atoms with Gasteiger partial charge in [0.15, 0.2) is 0 Å². The molecular weight excluding hydrogens is 233 g/mol. The van der Waals surface area contributed by atoms with Gasteiger partial charge in [-0.3, -0.25) is 4.79 Å². The van der Waals surface area contributed by atoms with Crippen molar-refractivity contribution in [3.05, 3.63) is 35.7 Å². The van der Waals surface area contributed by atoms with Gasteiger partial charge in [0.1, 0.15) is 0 Å². The van der Waals surface area contributed by atoms with E-state index >= 15 is 0 Å². The largest absolute Gasteiger partial charge is 0.454 e. The molecule has 3 nitrogen and oxygen atoms in total. The first kappa shape index (κ1) is 13.0. The number of hydrogen-bond donors (Lipinski definition) is 1. The first-order valence-electron chi connectivity index (χ1n) is 4.62. The van der Waals surface area contributed by atoms with Crippen molar-refractivity contribution in [1.82, 2.24) is 5.32 Å². The summed E-state index contributed by atoms with van der Waals surface area (Å²) in [5, 5.41) is 11.2. The van der Waals surface area contributed by atoms with Crippen LogP contribution in [0, 0.1) is 17.2 Å². The lowest BCUT2D eigenvalue weighted by Gasteiger charge is -2.23. The van der Waals surface area contributed by atoms with Gasteiger partial charge in [-0.1, -0.05) is 12.2 Å². The second kappa shape index (κ2) is 4.45. The zero-order valence-electron chi connectivity index (χ0n) is 8.93. The Morgan fingerprint density at radius 3 is 2.53 bits per heavy atom. The van der Waals surface area contributed by atoms with Crippen LogP contribution >= 0.6 is 0 Å². The van der Waals surface area contributed by atoms with Crippen molar-refractivity contribution in [2.24, 2.45) is 5.92 Å². The Hall–Kier alpha value is -2.03. The number of nitrogens with zero attached hydrogens (tertiary/aromatic N) is 1. The van der Waals surface area contributed by atoms with Crippen LogP contribution in [0.1, 0.15) is 6.92 Å². The van der Waals surface area contributed by atoms with Gasteiger partial charge >= 0.3 is 6.18 Å². The lowest BCUT2D eigenvalue weighted by atomic mass is 9.83. The topological polar surface area (TPSA) is 52.9 Å². The molecule has 0 aromatic heterocycles. The first-order valence-corrected chi connectivity index (χ1v) is 4.62. The van der Waals surface area contributed by atoms with E-state index in [0.29, 0.717) is 5.57 Å². The van der Waals surface area contributed by atoms with Gasteiger partial charge in [-0.2, -0.15) is 18.4 Å². The first-order chi connectivity index (χ1) is 7.79. The van der Waals surface area contributed by atoms with Crippen molar-refractivity contribution in [3.63, 3.8) is 0 Å². The molecule has 0 amide bonds. The van der Waals surface area contributed by atoms with Crippen molar-refractivity contribution < 1.29 is 18.0 Å². The number of ketones is 1. The summed E-state index contributed by atoms with van der Waals surface area (Å²) in [6.45, 7) is 4.98. The third-order valence-electron chi connectivity index (χ3n) is 2.24. The minimum Gasteiger partial charge on any atom is -0.366 e. The fourth-order valence-corrected chi connectivity index (χ4v) is 1.54. The highest BCUT2D eigenvalue weighted by Crippen LogP contribution is 2.33. The van der Waals surface area contributed by atoms with Crippen LogP contribution in [0.3, 0.4) is 0 Å². The van der Waals surface area contributed by atoms with E-state index in [1.165, 1.54) is 13.1 Å². The molecule has 1 atom stereocenters. The molecule has 0 radical (unpaired) electrons. The molecule has 0 saturated carbocycles. The fraction of sp³-hybridized carbons (Fsp3) is 0.273. The van der Waals surface area contributed by atoms with Crippen molar-refractivity contribution in [1.29, 1.82) is 5.26 Å². The van der Waals surface area contributed by atoms with E-state index in [1.54, 1.807) is 6.07 Å². The van der Waals surface area contributed by atoms with Gasteiger partial charge in [0, 0.05) is 23.9 Å². The van der Waals surface area contributed by atoms with Crippen molar-refractivity contribution in [2.75, 3.05) is 0 Å². The number of Topliss-reactive ketones (excluding diaryl/α,β-unsaturated/α-hetero) is 1. The third kappa shape index (κ3) is 2.56. The number of nitrogens with one attached hydrogen (secondary N) is 1. The van der Waals surface area contributed by atoms with Gasteiger partial charge in [0.2, 0.25) is 0 Å². The van der Waals surface area contributed by atoms with E-state index in [1.807, 2.05) is 0 Å². The summed E-state index contributed by atoms with van der Waals surface area (Å²) in [7, 11) is 0. The predicted molar refractivity (Wildman–Crippen MR) is 54.3 cm³/mol. The summed E-state index contributed by atoms with van der Waals surface area (Å²) < 4.78 is 37.1. The van der Waals surface area contributed by atoms with E-state index in [-0.39, 0.29) is 5.57 Å². The molecule has 1 rings (SSSR count). The average Bonchev–Trinajstić information content (AvgIpc) is 2.25. The molecule has 1 N–H and O–H groups in total. The molecule has 0 spiro atoms. The standard InChI is InChI=1S/C11H9F3N2O/c1-6(2)9-7(3-15)4-16-5-8(9)10(17)11(12,13)14/h4-5,9,16H,1H2,2H3. The van der Waals surface area contributed by atoms with Gasteiger partial charge in [0.05, 0.1) is 11.6 Å². The summed E-state index contributed by atoms with van der Waals surface area (Å²) >= 11 is 0. The van der Waals surface area contributed by atoms with Crippen LogP contribution in [-0.4, -0.2) is 12.0 Å². The molecule has 1 aliphatic rings. The molecule has 1 unspecified atom stereocenters. The number of dihydropyridines is 1. The molecule has 6 heteroatoms. The highest BCUT2D eigenvalue weighted by atomic mass is 19.4. The second-order valence-electron chi connectivity index (χ2n) is 3.58. The van der Waals surface area contributed by atoms with Crippen LogP contribution in [0.2, 0.25) is 0 Å². The van der Waals surface area contributed by atoms with Gasteiger partial charge < -0.3 is 5.32 Å². The molecule has 0 bridgehead atoms.